The molecule has 0 radical (unpaired) electrons. The average molecular weight is 272 g/mol. The fourth-order valence-corrected chi connectivity index (χ4v) is 3.93. The lowest BCUT2D eigenvalue weighted by molar-refractivity contribution is 0.416. The zero-order chi connectivity index (χ0) is 13.5. The first-order valence-corrected chi connectivity index (χ1v) is 7.39. The zero-order valence-electron chi connectivity index (χ0n) is 10.5. The molecule has 0 atom stereocenters. The molecule has 1 aliphatic rings. The van der Waals surface area contributed by atoms with Crippen molar-refractivity contribution in [2.24, 2.45) is 0 Å². The molecule has 0 aromatic heterocycles. The van der Waals surface area contributed by atoms with E-state index in [9.17, 15) is 12.8 Å². The van der Waals surface area contributed by atoms with Crippen molar-refractivity contribution in [2.75, 3.05) is 12.3 Å². The summed E-state index contributed by atoms with van der Waals surface area (Å²) in [5.74, 6) is -0.705. The molecule has 0 spiro atoms. The summed E-state index contributed by atoms with van der Waals surface area (Å²) in [7, 11) is -3.79. The number of nitrogen functional groups attached to an aromatic ring is 1. The van der Waals surface area contributed by atoms with Gasteiger partial charge < -0.3 is 5.73 Å². The molecule has 0 bridgehead atoms. The highest BCUT2D eigenvalue weighted by Gasteiger charge is 2.38. The van der Waals surface area contributed by atoms with Crippen molar-refractivity contribution in [3.63, 3.8) is 0 Å². The lowest BCUT2D eigenvalue weighted by Crippen LogP contribution is -2.33. The summed E-state index contributed by atoms with van der Waals surface area (Å²) in [4.78, 5) is -0.311. The van der Waals surface area contributed by atoms with E-state index < -0.39 is 15.8 Å². The number of anilines is 1. The number of hydrogen-bond donors (Lipinski definition) is 1. The van der Waals surface area contributed by atoms with Gasteiger partial charge in [-0.05, 0) is 37.5 Å². The third kappa shape index (κ3) is 2.22. The van der Waals surface area contributed by atoms with Gasteiger partial charge in [0.1, 0.15) is 10.7 Å². The SMILES string of the molecule is CCN(C1CC1)S(=O)(=O)c1cc(N)cc(C)c1F. The topological polar surface area (TPSA) is 63.4 Å². The number of aryl methyl sites for hydroxylation is 1. The first-order valence-electron chi connectivity index (χ1n) is 5.95. The van der Waals surface area contributed by atoms with E-state index >= 15 is 0 Å². The summed E-state index contributed by atoms with van der Waals surface area (Å²) >= 11 is 0. The number of halogens is 1. The number of rotatable bonds is 4. The molecule has 1 aromatic rings. The fraction of sp³-hybridized carbons (Fsp3) is 0.500. The second kappa shape index (κ2) is 4.51. The predicted octanol–water partition coefficient (Wildman–Crippen LogP) is 1.89. The standard InChI is InChI=1S/C12H17FN2O2S/c1-3-15(10-4-5-10)18(16,17)11-7-9(14)6-8(2)12(11)13/h6-7,10H,3-5,14H2,1-2H3. The first-order chi connectivity index (χ1) is 8.37. The minimum absolute atomic E-state index is 0.0149. The largest absolute Gasteiger partial charge is 0.399 e. The predicted molar refractivity (Wildman–Crippen MR) is 68.1 cm³/mol. The average Bonchev–Trinajstić information content (AvgIpc) is 3.08. The molecule has 2 N–H and O–H groups in total. The number of benzene rings is 1. The van der Waals surface area contributed by atoms with Gasteiger partial charge in [-0.1, -0.05) is 6.92 Å². The van der Waals surface area contributed by atoms with Gasteiger partial charge in [-0.2, -0.15) is 4.31 Å². The van der Waals surface area contributed by atoms with Crippen LogP contribution in [0.2, 0.25) is 0 Å². The van der Waals surface area contributed by atoms with Crippen molar-refractivity contribution < 1.29 is 12.8 Å². The Bertz CT molecular complexity index is 568. The summed E-state index contributed by atoms with van der Waals surface area (Å²) in [5.41, 5.74) is 6.12. The summed E-state index contributed by atoms with van der Waals surface area (Å²) in [6.07, 6.45) is 1.69. The van der Waals surface area contributed by atoms with Gasteiger partial charge in [0.25, 0.3) is 0 Å². The third-order valence-corrected chi connectivity index (χ3v) is 5.12. The normalized spacial score (nSPS) is 16.2. The van der Waals surface area contributed by atoms with Crippen molar-refractivity contribution in [1.29, 1.82) is 0 Å². The van der Waals surface area contributed by atoms with Crippen LogP contribution in [0.1, 0.15) is 25.3 Å². The van der Waals surface area contributed by atoms with Gasteiger partial charge in [0.2, 0.25) is 10.0 Å². The van der Waals surface area contributed by atoms with E-state index in [1.807, 2.05) is 0 Å². The van der Waals surface area contributed by atoms with E-state index in [2.05, 4.69) is 0 Å². The highest BCUT2D eigenvalue weighted by molar-refractivity contribution is 7.89. The van der Waals surface area contributed by atoms with Crippen molar-refractivity contribution in [1.82, 2.24) is 4.31 Å². The van der Waals surface area contributed by atoms with E-state index in [1.54, 1.807) is 6.92 Å². The Morgan fingerprint density at radius 3 is 2.56 bits per heavy atom. The van der Waals surface area contributed by atoms with Gasteiger partial charge >= 0.3 is 0 Å². The maximum Gasteiger partial charge on any atom is 0.246 e. The number of hydrogen-bond acceptors (Lipinski definition) is 3. The van der Waals surface area contributed by atoms with Crippen LogP contribution in [0.15, 0.2) is 17.0 Å². The van der Waals surface area contributed by atoms with Crippen LogP contribution in [0.25, 0.3) is 0 Å². The molecule has 0 saturated heterocycles. The molecule has 0 amide bonds. The number of nitrogens with zero attached hydrogens (tertiary/aromatic N) is 1. The van der Waals surface area contributed by atoms with Gasteiger partial charge in [0.05, 0.1) is 0 Å². The second-order valence-corrected chi connectivity index (χ2v) is 6.45. The lowest BCUT2D eigenvalue weighted by atomic mass is 10.2. The van der Waals surface area contributed by atoms with Gasteiger partial charge in [-0.15, -0.1) is 0 Å². The molecular formula is C12H17FN2O2S. The van der Waals surface area contributed by atoms with E-state index in [1.165, 1.54) is 23.4 Å². The van der Waals surface area contributed by atoms with Crippen LogP contribution in [0.5, 0.6) is 0 Å². The van der Waals surface area contributed by atoms with Gasteiger partial charge in [-0.25, -0.2) is 12.8 Å². The van der Waals surface area contributed by atoms with Gasteiger partial charge in [0.15, 0.2) is 0 Å². The van der Waals surface area contributed by atoms with Crippen molar-refractivity contribution in [3.05, 3.63) is 23.5 Å². The van der Waals surface area contributed by atoms with Crippen LogP contribution in [-0.4, -0.2) is 25.3 Å². The van der Waals surface area contributed by atoms with Crippen LogP contribution in [0.4, 0.5) is 10.1 Å². The van der Waals surface area contributed by atoms with Crippen molar-refractivity contribution in [3.8, 4) is 0 Å². The molecular weight excluding hydrogens is 255 g/mol. The van der Waals surface area contributed by atoms with Gasteiger partial charge in [0, 0.05) is 18.3 Å². The van der Waals surface area contributed by atoms with E-state index in [-0.39, 0.29) is 22.2 Å². The molecule has 2 rings (SSSR count). The summed E-state index contributed by atoms with van der Waals surface area (Å²) < 4.78 is 40.1. The van der Waals surface area contributed by atoms with E-state index in [4.69, 9.17) is 5.73 Å². The second-order valence-electron chi connectivity index (χ2n) is 4.59. The van der Waals surface area contributed by atoms with Crippen molar-refractivity contribution >= 4 is 15.7 Å². The number of sulfonamides is 1. The maximum absolute atomic E-state index is 14.0. The molecule has 0 aliphatic heterocycles. The molecule has 1 aromatic carbocycles. The Balaban J connectivity index is 2.52. The minimum atomic E-state index is -3.79. The molecule has 1 saturated carbocycles. The molecule has 0 unspecified atom stereocenters. The summed E-state index contributed by atoms with van der Waals surface area (Å²) in [6.45, 7) is 3.62. The van der Waals surface area contributed by atoms with Crippen LogP contribution in [0, 0.1) is 12.7 Å². The lowest BCUT2D eigenvalue weighted by Gasteiger charge is -2.21. The van der Waals surface area contributed by atoms with E-state index in [0.717, 1.165) is 12.8 Å². The quantitative estimate of drug-likeness (QED) is 0.851. The summed E-state index contributed by atoms with van der Waals surface area (Å²) in [6, 6.07) is 2.64. The highest BCUT2D eigenvalue weighted by atomic mass is 32.2. The molecule has 0 heterocycles. The minimum Gasteiger partial charge on any atom is -0.399 e. The van der Waals surface area contributed by atoms with Crippen LogP contribution in [-0.2, 0) is 10.0 Å². The van der Waals surface area contributed by atoms with Gasteiger partial charge in [-0.3, -0.25) is 0 Å². The first kappa shape index (κ1) is 13.3. The molecule has 100 valence electrons. The molecule has 18 heavy (non-hydrogen) atoms. The third-order valence-electron chi connectivity index (χ3n) is 3.10. The summed E-state index contributed by atoms with van der Waals surface area (Å²) in [5, 5.41) is 0. The van der Waals surface area contributed by atoms with Crippen molar-refractivity contribution in [2.45, 2.75) is 37.6 Å². The Kier molecular flexibility index (Phi) is 3.33. The zero-order valence-corrected chi connectivity index (χ0v) is 11.3. The molecule has 1 aliphatic carbocycles. The number of nitrogens with two attached hydrogens (primary N) is 1. The molecule has 1 fully saturated rings. The fourth-order valence-electron chi connectivity index (χ4n) is 2.07. The van der Waals surface area contributed by atoms with Crippen LogP contribution < -0.4 is 5.73 Å². The molecule has 6 heteroatoms. The monoisotopic (exact) mass is 272 g/mol. The van der Waals surface area contributed by atoms with Crippen LogP contribution >= 0.6 is 0 Å². The maximum atomic E-state index is 14.0. The Morgan fingerprint density at radius 2 is 2.06 bits per heavy atom. The van der Waals surface area contributed by atoms with E-state index in [0.29, 0.717) is 6.54 Å². The Labute approximate surface area is 107 Å². The Hall–Kier alpha value is -1.14. The Morgan fingerprint density at radius 1 is 1.44 bits per heavy atom. The molecule has 4 nitrogen and oxygen atoms in total. The van der Waals surface area contributed by atoms with Crippen LogP contribution in [0.3, 0.4) is 0 Å². The highest BCUT2D eigenvalue weighted by Crippen LogP contribution is 2.33. The smallest absolute Gasteiger partial charge is 0.246 e.